The van der Waals surface area contributed by atoms with E-state index in [0.717, 1.165) is 0 Å². The quantitative estimate of drug-likeness (QED) is 0.192. The van der Waals surface area contributed by atoms with Crippen LogP contribution in [0.4, 0.5) is 4.79 Å². The molecule has 0 radical (unpaired) electrons. The third kappa shape index (κ3) is 12.4. The maximum Gasteiger partial charge on any atom is 0.508 e. The lowest BCUT2D eigenvalue weighted by atomic mass is 10.2. The molecule has 0 aromatic rings. The molecule has 0 aromatic heterocycles. The Morgan fingerprint density at radius 1 is 1.04 bits per heavy atom. The van der Waals surface area contributed by atoms with Gasteiger partial charge in [0.25, 0.3) is 0 Å². The summed E-state index contributed by atoms with van der Waals surface area (Å²) in [7, 11) is 0. The highest BCUT2D eigenvalue weighted by Gasteiger charge is 2.26. The van der Waals surface area contributed by atoms with E-state index in [9.17, 15) is 9.59 Å². The SMILES string of the molecule is C=C(C)C(=O)OC(COC(=O)OCC(C)(C)OOC(C)(C)C)OCC. The van der Waals surface area contributed by atoms with Crippen molar-refractivity contribution in [3.63, 3.8) is 0 Å². The molecule has 1 atom stereocenters. The van der Waals surface area contributed by atoms with Gasteiger partial charge >= 0.3 is 12.1 Å². The Kier molecular flexibility index (Phi) is 9.69. The maximum absolute atomic E-state index is 11.7. The van der Waals surface area contributed by atoms with Crippen molar-refractivity contribution in [3.8, 4) is 0 Å². The minimum atomic E-state index is -1.03. The fourth-order valence-electron chi connectivity index (χ4n) is 1.19. The van der Waals surface area contributed by atoms with Crippen LogP contribution in [0.15, 0.2) is 12.2 Å². The van der Waals surface area contributed by atoms with Gasteiger partial charge in [-0.1, -0.05) is 6.58 Å². The van der Waals surface area contributed by atoms with E-state index in [0.29, 0.717) is 0 Å². The van der Waals surface area contributed by atoms with Crippen LogP contribution in [0.5, 0.6) is 0 Å². The zero-order valence-corrected chi connectivity index (χ0v) is 16.2. The lowest BCUT2D eigenvalue weighted by molar-refractivity contribution is -0.400. The van der Waals surface area contributed by atoms with Gasteiger partial charge in [0.05, 0.1) is 5.60 Å². The highest BCUT2D eigenvalue weighted by Crippen LogP contribution is 2.16. The molecule has 0 bridgehead atoms. The largest absolute Gasteiger partial charge is 0.508 e. The van der Waals surface area contributed by atoms with Gasteiger partial charge in [-0.15, -0.1) is 0 Å². The average molecular weight is 362 g/mol. The second-order valence-electron chi connectivity index (χ2n) is 6.96. The van der Waals surface area contributed by atoms with Crippen molar-refractivity contribution in [1.82, 2.24) is 0 Å². The van der Waals surface area contributed by atoms with Crippen molar-refractivity contribution in [2.75, 3.05) is 19.8 Å². The molecule has 0 saturated heterocycles. The second-order valence-corrected chi connectivity index (χ2v) is 6.96. The standard InChI is InChI=1S/C17H30O8/c1-9-20-13(23-14(18)12(2)3)10-21-15(19)22-11-17(7,8)25-24-16(4,5)6/h13H,2,9-11H2,1,3-8H3. The molecule has 1 unspecified atom stereocenters. The molecule has 0 spiro atoms. The van der Waals surface area contributed by atoms with Gasteiger partial charge in [0.15, 0.2) is 6.61 Å². The number of rotatable bonds is 10. The molecule has 146 valence electrons. The first kappa shape index (κ1) is 23.4. The molecular weight excluding hydrogens is 332 g/mol. The first-order valence-corrected chi connectivity index (χ1v) is 8.01. The fourth-order valence-corrected chi connectivity index (χ4v) is 1.19. The van der Waals surface area contributed by atoms with E-state index in [1.165, 1.54) is 6.92 Å². The summed E-state index contributed by atoms with van der Waals surface area (Å²) in [6, 6.07) is 0. The minimum absolute atomic E-state index is 0.0905. The highest BCUT2D eigenvalue weighted by molar-refractivity contribution is 5.87. The van der Waals surface area contributed by atoms with Crippen molar-refractivity contribution in [2.24, 2.45) is 0 Å². The van der Waals surface area contributed by atoms with Gasteiger partial charge in [0.1, 0.15) is 12.2 Å². The van der Waals surface area contributed by atoms with Crippen LogP contribution >= 0.6 is 0 Å². The van der Waals surface area contributed by atoms with Crippen molar-refractivity contribution in [1.29, 1.82) is 0 Å². The van der Waals surface area contributed by atoms with Crippen molar-refractivity contribution >= 4 is 12.1 Å². The molecule has 8 heteroatoms. The molecule has 0 rings (SSSR count). The molecule has 0 heterocycles. The van der Waals surface area contributed by atoms with Gasteiger partial charge in [-0.2, -0.15) is 0 Å². The topological polar surface area (TPSA) is 89.5 Å². The van der Waals surface area contributed by atoms with E-state index in [-0.39, 0.29) is 25.4 Å². The van der Waals surface area contributed by atoms with Gasteiger partial charge in [0, 0.05) is 12.2 Å². The Morgan fingerprint density at radius 3 is 2.12 bits per heavy atom. The van der Waals surface area contributed by atoms with Crippen LogP contribution < -0.4 is 0 Å². The van der Waals surface area contributed by atoms with Crippen LogP contribution in [0, 0.1) is 0 Å². The van der Waals surface area contributed by atoms with Gasteiger partial charge < -0.3 is 18.9 Å². The summed E-state index contributed by atoms with van der Waals surface area (Å²) in [5.41, 5.74) is -1.14. The van der Waals surface area contributed by atoms with E-state index in [1.807, 2.05) is 20.8 Å². The first-order chi connectivity index (χ1) is 11.4. The van der Waals surface area contributed by atoms with E-state index in [4.69, 9.17) is 28.7 Å². The lowest BCUT2D eigenvalue weighted by Crippen LogP contribution is -2.36. The molecule has 8 nitrogen and oxygen atoms in total. The number of carbonyl (C=O) groups is 2. The van der Waals surface area contributed by atoms with Gasteiger partial charge in [-0.3, -0.25) is 0 Å². The van der Waals surface area contributed by atoms with E-state index in [1.54, 1.807) is 20.8 Å². The van der Waals surface area contributed by atoms with Crippen LogP contribution in [-0.2, 0) is 33.5 Å². The number of hydrogen-bond donors (Lipinski definition) is 0. The number of hydrogen-bond acceptors (Lipinski definition) is 8. The van der Waals surface area contributed by atoms with Crippen LogP contribution in [-0.4, -0.2) is 49.4 Å². The average Bonchev–Trinajstić information content (AvgIpc) is 2.48. The molecule has 0 amide bonds. The second kappa shape index (κ2) is 10.4. The third-order valence-electron chi connectivity index (χ3n) is 2.33. The van der Waals surface area contributed by atoms with Gasteiger partial charge in [0.2, 0.25) is 6.29 Å². The highest BCUT2D eigenvalue weighted by atomic mass is 17.2. The molecule has 0 aliphatic rings. The molecule has 0 fully saturated rings. The Labute approximate surface area is 149 Å². The molecule has 0 saturated carbocycles. The summed E-state index contributed by atoms with van der Waals surface area (Å²) >= 11 is 0. The minimum Gasteiger partial charge on any atom is -0.431 e. The summed E-state index contributed by atoms with van der Waals surface area (Å²) in [6.07, 6.45) is -1.97. The van der Waals surface area contributed by atoms with Crippen LogP contribution in [0.3, 0.4) is 0 Å². The summed E-state index contributed by atoms with van der Waals surface area (Å²) < 4.78 is 20.0. The molecule has 0 N–H and O–H groups in total. The van der Waals surface area contributed by atoms with Crippen molar-refractivity contribution in [3.05, 3.63) is 12.2 Å². The predicted octanol–water partition coefficient (Wildman–Crippen LogP) is 3.15. The predicted molar refractivity (Wildman–Crippen MR) is 89.6 cm³/mol. The van der Waals surface area contributed by atoms with Crippen molar-refractivity contribution in [2.45, 2.75) is 66.0 Å². The van der Waals surface area contributed by atoms with Crippen LogP contribution in [0.1, 0.15) is 48.5 Å². The summed E-state index contributed by atoms with van der Waals surface area (Å²) in [5.74, 6) is -0.635. The monoisotopic (exact) mass is 362 g/mol. The van der Waals surface area contributed by atoms with Crippen molar-refractivity contribution < 1.29 is 38.3 Å². The number of esters is 1. The Bertz CT molecular complexity index is 450. The number of ether oxygens (including phenoxy) is 4. The van der Waals surface area contributed by atoms with E-state index < -0.39 is 29.6 Å². The zero-order chi connectivity index (χ0) is 19.7. The van der Waals surface area contributed by atoms with Crippen LogP contribution in [0.2, 0.25) is 0 Å². The van der Waals surface area contributed by atoms with Crippen LogP contribution in [0.25, 0.3) is 0 Å². The first-order valence-electron chi connectivity index (χ1n) is 8.01. The summed E-state index contributed by atoms with van der Waals surface area (Å²) in [6.45, 7) is 15.5. The number of carbonyl (C=O) groups excluding carboxylic acids is 2. The Morgan fingerprint density at radius 2 is 1.64 bits per heavy atom. The van der Waals surface area contributed by atoms with E-state index in [2.05, 4.69) is 6.58 Å². The Balaban J connectivity index is 4.30. The molecule has 25 heavy (non-hydrogen) atoms. The smallest absolute Gasteiger partial charge is 0.431 e. The lowest BCUT2D eigenvalue weighted by Gasteiger charge is -2.27. The molecule has 0 aliphatic carbocycles. The normalized spacial score (nSPS) is 13.1. The molecule has 0 aromatic carbocycles. The Hall–Kier alpha value is -1.64. The fraction of sp³-hybridized carbons (Fsp3) is 0.765. The van der Waals surface area contributed by atoms with Gasteiger partial charge in [-0.05, 0) is 48.5 Å². The van der Waals surface area contributed by atoms with E-state index >= 15 is 0 Å². The molecule has 0 aliphatic heterocycles. The molecular formula is C17H30O8. The summed E-state index contributed by atoms with van der Waals surface area (Å²) in [5, 5.41) is 0. The maximum atomic E-state index is 11.7. The zero-order valence-electron chi connectivity index (χ0n) is 16.2. The van der Waals surface area contributed by atoms with Gasteiger partial charge in [-0.25, -0.2) is 19.4 Å². The summed E-state index contributed by atoms with van der Waals surface area (Å²) in [4.78, 5) is 33.6. The third-order valence-corrected chi connectivity index (χ3v) is 2.33.